The molecule has 1 N–H and O–H groups in total. The van der Waals surface area contributed by atoms with Crippen molar-refractivity contribution >= 4 is 17.4 Å². The summed E-state index contributed by atoms with van der Waals surface area (Å²) in [5.74, 6) is -0.152. The molecule has 7 nitrogen and oxygen atoms in total. The first-order valence-corrected chi connectivity index (χ1v) is 10.7. The second-order valence-electron chi connectivity index (χ2n) is 7.67. The first-order chi connectivity index (χ1) is 16.0. The Morgan fingerprint density at radius 1 is 1.06 bits per heavy atom. The number of Topliss-reactive ketones (excluding diaryl/α,β-unsaturated/α-hetero) is 1. The van der Waals surface area contributed by atoms with Crippen LogP contribution in [0, 0.1) is 0 Å². The van der Waals surface area contributed by atoms with E-state index >= 15 is 0 Å². The molecule has 1 aliphatic rings. The van der Waals surface area contributed by atoms with Crippen molar-refractivity contribution in [3.63, 3.8) is 0 Å². The molecule has 1 aromatic heterocycles. The third-order valence-corrected chi connectivity index (χ3v) is 5.42. The number of aliphatic hydroxyl groups is 1. The molecule has 0 aliphatic carbocycles. The summed E-state index contributed by atoms with van der Waals surface area (Å²) in [7, 11) is 1.56. The van der Waals surface area contributed by atoms with Crippen LogP contribution < -0.4 is 9.47 Å². The van der Waals surface area contributed by atoms with Crippen LogP contribution in [0.5, 0.6) is 11.5 Å². The highest BCUT2D eigenvalue weighted by Crippen LogP contribution is 2.40. The molecule has 2 aromatic carbocycles. The molecule has 1 fully saturated rings. The van der Waals surface area contributed by atoms with Crippen molar-refractivity contribution in [1.82, 2.24) is 4.90 Å². The van der Waals surface area contributed by atoms with Gasteiger partial charge in [0, 0.05) is 12.1 Å². The Balaban J connectivity index is 1.77. The van der Waals surface area contributed by atoms with E-state index in [0.29, 0.717) is 29.4 Å². The molecule has 1 aliphatic heterocycles. The van der Waals surface area contributed by atoms with Crippen LogP contribution in [0.3, 0.4) is 0 Å². The summed E-state index contributed by atoms with van der Waals surface area (Å²) in [6.45, 7) is 2.67. The molecule has 1 amide bonds. The number of hydrogen-bond acceptors (Lipinski definition) is 6. The van der Waals surface area contributed by atoms with Gasteiger partial charge in [0.2, 0.25) is 0 Å². The van der Waals surface area contributed by atoms with Gasteiger partial charge in [0.25, 0.3) is 11.7 Å². The molecular formula is C26H25NO6. The lowest BCUT2D eigenvalue weighted by Gasteiger charge is -2.23. The molecule has 1 saturated heterocycles. The summed E-state index contributed by atoms with van der Waals surface area (Å²) in [5.41, 5.74) is 1.15. The number of rotatable bonds is 8. The van der Waals surface area contributed by atoms with Crippen LogP contribution in [-0.4, -0.2) is 35.4 Å². The Bertz CT molecular complexity index is 1180. The van der Waals surface area contributed by atoms with Crippen LogP contribution in [0.2, 0.25) is 0 Å². The van der Waals surface area contributed by atoms with E-state index in [0.717, 1.165) is 12.0 Å². The number of ether oxygens (including phenoxy) is 2. The van der Waals surface area contributed by atoms with Gasteiger partial charge >= 0.3 is 0 Å². The second kappa shape index (κ2) is 9.65. The number of hydrogen-bond donors (Lipinski definition) is 1. The number of aliphatic hydroxyl groups excluding tert-OH is 1. The van der Waals surface area contributed by atoms with Gasteiger partial charge in [-0.3, -0.25) is 9.59 Å². The van der Waals surface area contributed by atoms with E-state index in [-0.39, 0.29) is 17.9 Å². The van der Waals surface area contributed by atoms with Crippen LogP contribution in [0.25, 0.3) is 5.76 Å². The second-order valence-corrected chi connectivity index (χ2v) is 7.67. The predicted molar refractivity (Wildman–Crippen MR) is 122 cm³/mol. The Morgan fingerprint density at radius 2 is 1.85 bits per heavy atom. The van der Waals surface area contributed by atoms with Crippen molar-refractivity contribution in [2.45, 2.75) is 25.9 Å². The number of carbonyl (C=O) groups is 2. The fourth-order valence-corrected chi connectivity index (χ4v) is 3.86. The Kier molecular flexibility index (Phi) is 6.49. The summed E-state index contributed by atoms with van der Waals surface area (Å²) in [6, 6.07) is 16.6. The number of likely N-dealkylation sites (tertiary alicyclic amines) is 1. The quantitative estimate of drug-likeness (QED) is 0.306. The lowest BCUT2D eigenvalue weighted by molar-refractivity contribution is -0.140. The van der Waals surface area contributed by atoms with Crippen molar-refractivity contribution in [1.29, 1.82) is 0 Å². The number of ketones is 1. The van der Waals surface area contributed by atoms with Crippen molar-refractivity contribution in [3.05, 3.63) is 89.4 Å². The van der Waals surface area contributed by atoms with Gasteiger partial charge in [-0.15, -0.1) is 0 Å². The maximum absolute atomic E-state index is 13.1. The van der Waals surface area contributed by atoms with Crippen molar-refractivity contribution in [3.8, 4) is 11.5 Å². The van der Waals surface area contributed by atoms with Crippen LogP contribution in [0.1, 0.15) is 36.3 Å². The van der Waals surface area contributed by atoms with Crippen molar-refractivity contribution < 1.29 is 28.6 Å². The first-order valence-electron chi connectivity index (χ1n) is 10.7. The highest BCUT2D eigenvalue weighted by molar-refractivity contribution is 6.46. The van der Waals surface area contributed by atoms with Crippen molar-refractivity contribution in [2.24, 2.45) is 0 Å². The number of benzene rings is 2. The molecule has 7 heteroatoms. The average Bonchev–Trinajstić information content (AvgIpc) is 3.45. The monoisotopic (exact) mass is 447 g/mol. The van der Waals surface area contributed by atoms with Crippen LogP contribution >= 0.6 is 0 Å². The van der Waals surface area contributed by atoms with Crippen LogP contribution in [0.4, 0.5) is 0 Å². The summed E-state index contributed by atoms with van der Waals surface area (Å²) in [6.07, 6.45) is 2.31. The molecular weight excluding hydrogens is 422 g/mol. The minimum atomic E-state index is -0.869. The Labute approximate surface area is 191 Å². The molecule has 0 saturated carbocycles. The lowest BCUT2D eigenvalue weighted by Crippen LogP contribution is -2.29. The molecule has 2 heterocycles. The highest BCUT2D eigenvalue weighted by Gasteiger charge is 2.47. The highest BCUT2D eigenvalue weighted by atomic mass is 16.5. The van der Waals surface area contributed by atoms with E-state index < -0.39 is 17.7 Å². The van der Waals surface area contributed by atoms with Gasteiger partial charge in [0.1, 0.15) is 29.1 Å². The van der Waals surface area contributed by atoms with E-state index in [4.69, 9.17) is 13.9 Å². The maximum atomic E-state index is 13.1. The van der Waals surface area contributed by atoms with E-state index in [1.165, 1.54) is 11.2 Å². The van der Waals surface area contributed by atoms with Crippen LogP contribution in [0.15, 0.2) is 76.9 Å². The van der Waals surface area contributed by atoms with Gasteiger partial charge in [-0.2, -0.15) is 0 Å². The minimum Gasteiger partial charge on any atom is -0.507 e. The smallest absolute Gasteiger partial charge is 0.296 e. The molecule has 3 aromatic rings. The van der Waals surface area contributed by atoms with Gasteiger partial charge in [0.15, 0.2) is 0 Å². The molecule has 1 atom stereocenters. The van der Waals surface area contributed by atoms with Gasteiger partial charge in [0.05, 0.1) is 25.6 Å². The summed E-state index contributed by atoms with van der Waals surface area (Å²) in [5, 5.41) is 11.2. The molecule has 170 valence electrons. The van der Waals surface area contributed by atoms with Crippen molar-refractivity contribution in [2.75, 3.05) is 13.7 Å². The topological polar surface area (TPSA) is 89.2 Å². The van der Waals surface area contributed by atoms with Gasteiger partial charge < -0.3 is 23.9 Å². The third kappa shape index (κ3) is 4.48. The largest absolute Gasteiger partial charge is 0.507 e. The zero-order chi connectivity index (χ0) is 23.4. The molecule has 1 unspecified atom stereocenters. The summed E-state index contributed by atoms with van der Waals surface area (Å²) >= 11 is 0. The molecule has 33 heavy (non-hydrogen) atoms. The maximum Gasteiger partial charge on any atom is 0.296 e. The van der Waals surface area contributed by atoms with E-state index in [9.17, 15) is 14.7 Å². The average molecular weight is 447 g/mol. The van der Waals surface area contributed by atoms with E-state index in [1.807, 2.05) is 19.1 Å². The first kappa shape index (κ1) is 22.2. The fraction of sp³-hybridized carbons (Fsp3) is 0.231. The Morgan fingerprint density at radius 3 is 2.58 bits per heavy atom. The molecule has 4 rings (SSSR count). The Hall–Kier alpha value is -4.00. The minimum absolute atomic E-state index is 0.0227. The number of furan rings is 1. The molecule has 0 bridgehead atoms. The zero-order valence-electron chi connectivity index (χ0n) is 18.5. The van der Waals surface area contributed by atoms with Gasteiger partial charge in [-0.1, -0.05) is 31.2 Å². The lowest BCUT2D eigenvalue weighted by atomic mass is 9.99. The van der Waals surface area contributed by atoms with E-state index in [1.54, 1.807) is 55.6 Å². The zero-order valence-corrected chi connectivity index (χ0v) is 18.5. The predicted octanol–water partition coefficient (Wildman–Crippen LogP) is 4.70. The standard InChI is InChI=1S/C26H25NO6/c1-3-12-32-20-10-5-8-18(15-20)24(28)22-23(21-11-6-13-33-21)27(26(30)25(22)29)16-17-7-4-9-19(14-17)31-2/h4-11,13-15,23,28H,3,12,16H2,1-2H3/b24-22-. The molecule has 0 spiro atoms. The number of methoxy groups -OCH3 is 1. The third-order valence-electron chi connectivity index (χ3n) is 5.42. The summed E-state index contributed by atoms with van der Waals surface area (Å²) < 4.78 is 16.5. The summed E-state index contributed by atoms with van der Waals surface area (Å²) in [4.78, 5) is 27.6. The normalized spacial score (nSPS) is 17.4. The van der Waals surface area contributed by atoms with E-state index in [2.05, 4.69) is 0 Å². The molecule has 0 radical (unpaired) electrons. The van der Waals surface area contributed by atoms with Crippen LogP contribution in [-0.2, 0) is 16.1 Å². The SMILES string of the molecule is CCCOc1cccc(/C(O)=C2/C(=O)C(=O)N(Cc3cccc(OC)c3)C2c2ccco2)c1. The number of nitrogens with zero attached hydrogens (tertiary/aromatic N) is 1. The van der Waals surface area contributed by atoms with Gasteiger partial charge in [-0.05, 0) is 48.4 Å². The number of carbonyl (C=O) groups excluding carboxylic acids is 2. The van der Waals surface area contributed by atoms with Gasteiger partial charge in [-0.25, -0.2) is 0 Å². The fourth-order valence-electron chi connectivity index (χ4n) is 3.86. The number of amides is 1.